The lowest BCUT2D eigenvalue weighted by Gasteiger charge is -2.22. The third-order valence-corrected chi connectivity index (χ3v) is 6.27. The van der Waals surface area contributed by atoms with Crippen LogP contribution in [-0.2, 0) is 9.59 Å². The van der Waals surface area contributed by atoms with Crippen LogP contribution in [0.3, 0.4) is 0 Å². The van der Waals surface area contributed by atoms with Gasteiger partial charge in [0.05, 0.1) is 6.04 Å². The molecule has 6 nitrogen and oxygen atoms in total. The van der Waals surface area contributed by atoms with Crippen LogP contribution in [0.25, 0.3) is 0 Å². The van der Waals surface area contributed by atoms with Crippen LogP contribution in [0.15, 0.2) is 48.5 Å². The lowest BCUT2D eigenvalue weighted by Crippen LogP contribution is -2.34. The molecule has 0 aromatic heterocycles. The first kappa shape index (κ1) is 24.6. The van der Waals surface area contributed by atoms with E-state index in [9.17, 15) is 9.59 Å². The summed E-state index contributed by atoms with van der Waals surface area (Å²) in [6, 6.07) is 15.2. The van der Waals surface area contributed by atoms with Crippen LogP contribution in [0.4, 0.5) is 0 Å². The van der Waals surface area contributed by atoms with Gasteiger partial charge in [-0.15, -0.1) is 0 Å². The van der Waals surface area contributed by atoms with Crippen molar-refractivity contribution in [1.29, 1.82) is 0 Å². The fourth-order valence-electron chi connectivity index (χ4n) is 4.12. The van der Waals surface area contributed by atoms with Gasteiger partial charge in [-0.1, -0.05) is 57.2 Å². The molecule has 2 aromatic carbocycles. The molecule has 2 amide bonds. The third kappa shape index (κ3) is 6.73. The zero-order valence-electron chi connectivity index (χ0n) is 20.0. The number of hydrogen-bond acceptors (Lipinski definition) is 4. The van der Waals surface area contributed by atoms with Gasteiger partial charge in [-0.25, -0.2) is 0 Å². The standard InChI is InChI=1S/C27H36N2O4/c1-4-20(3)21-12-6-8-14-24(21)32-18-26(30)28-23(5-2)22-13-7-9-15-25(22)33-19-27(31)29-16-10-11-17-29/h6-9,12-15,20,23H,4-5,10-11,16-19H2,1-3H3,(H,28,30). The molecule has 1 aliphatic rings. The predicted octanol–water partition coefficient (Wildman–Crippen LogP) is 4.85. The Morgan fingerprint density at radius 3 is 2.09 bits per heavy atom. The smallest absolute Gasteiger partial charge is 0.260 e. The molecule has 0 spiro atoms. The zero-order valence-corrected chi connectivity index (χ0v) is 20.0. The highest BCUT2D eigenvalue weighted by molar-refractivity contribution is 5.79. The van der Waals surface area contributed by atoms with Crippen molar-refractivity contribution < 1.29 is 19.1 Å². The van der Waals surface area contributed by atoms with E-state index in [1.165, 1.54) is 0 Å². The minimum atomic E-state index is -0.232. The molecule has 1 aliphatic heterocycles. The molecular formula is C27H36N2O4. The van der Waals surface area contributed by atoms with Crippen molar-refractivity contribution in [3.8, 4) is 11.5 Å². The van der Waals surface area contributed by atoms with Crippen molar-refractivity contribution in [2.24, 2.45) is 0 Å². The highest BCUT2D eigenvalue weighted by Crippen LogP contribution is 2.29. The van der Waals surface area contributed by atoms with E-state index < -0.39 is 0 Å². The zero-order chi connectivity index (χ0) is 23.6. The molecule has 33 heavy (non-hydrogen) atoms. The number of nitrogens with one attached hydrogen (secondary N) is 1. The fourth-order valence-corrected chi connectivity index (χ4v) is 4.12. The molecule has 1 saturated heterocycles. The Balaban J connectivity index is 1.60. The molecule has 0 saturated carbocycles. The Morgan fingerprint density at radius 1 is 0.879 bits per heavy atom. The summed E-state index contributed by atoms with van der Waals surface area (Å²) in [6.45, 7) is 7.86. The van der Waals surface area contributed by atoms with Crippen LogP contribution in [0.2, 0.25) is 0 Å². The summed E-state index contributed by atoms with van der Waals surface area (Å²) in [4.78, 5) is 26.9. The maximum atomic E-state index is 12.7. The molecule has 0 aliphatic carbocycles. The number of ether oxygens (including phenoxy) is 2. The number of amides is 2. The van der Waals surface area contributed by atoms with Crippen molar-refractivity contribution in [1.82, 2.24) is 10.2 Å². The van der Waals surface area contributed by atoms with Gasteiger partial charge in [0.2, 0.25) is 0 Å². The van der Waals surface area contributed by atoms with Crippen molar-refractivity contribution in [3.63, 3.8) is 0 Å². The Hall–Kier alpha value is -3.02. The van der Waals surface area contributed by atoms with Gasteiger partial charge in [-0.05, 0) is 49.3 Å². The van der Waals surface area contributed by atoms with Gasteiger partial charge in [0.25, 0.3) is 11.8 Å². The van der Waals surface area contributed by atoms with Crippen LogP contribution in [0.1, 0.15) is 69.5 Å². The number of benzene rings is 2. The van der Waals surface area contributed by atoms with E-state index in [1.807, 2.05) is 60.4 Å². The van der Waals surface area contributed by atoms with Gasteiger partial charge >= 0.3 is 0 Å². The topological polar surface area (TPSA) is 67.9 Å². The largest absolute Gasteiger partial charge is 0.483 e. The number of para-hydroxylation sites is 2. The lowest BCUT2D eigenvalue weighted by molar-refractivity contribution is -0.132. The average Bonchev–Trinajstić information content (AvgIpc) is 3.40. The minimum absolute atomic E-state index is 0.00719. The van der Waals surface area contributed by atoms with Crippen LogP contribution in [-0.4, -0.2) is 43.0 Å². The Morgan fingerprint density at radius 2 is 1.45 bits per heavy atom. The van der Waals surface area contributed by atoms with Crippen molar-refractivity contribution in [3.05, 3.63) is 59.7 Å². The molecule has 2 unspecified atom stereocenters. The number of nitrogens with zero attached hydrogens (tertiary/aromatic N) is 1. The molecule has 0 radical (unpaired) electrons. The summed E-state index contributed by atoms with van der Waals surface area (Å²) in [7, 11) is 0. The van der Waals surface area contributed by atoms with E-state index in [4.69, 9.17) is 9.47 Å². The molecule has 1 N–H and O–H groups in total. The van der Waals surface area contributed by atoms with Gasteiger partial charge in [0.15, 0.2) is 13.2 Å². The quantitative estimate of drug-likeness (QED) is 0.529. The summed E-state index contributed by atoms with van der Waals surface area (Å²) in [5.41, 5.74) is 1.98. The first-order valence-electron chi connectivity index (χ1n) is 12.0. The first-order chi connectivity index (χ1) is 16.0. The second kappa shape index (κ2) is 12.3. The first-order valence-corrected chi connectivity index (χ1v) is 12.0. The average molecular weight is 453 g/mol. The minimum Gasteiger partial charge on any atom is -0.483 e. The number of rotatable bonds is 11. The fraction of sp³-hybridized carbons (Fsp3) is 0.481. The highest BCUT2D eigenvalue weighted by atomic mass is 16.5. The van der Waals surface area contributed by atoms with E-state index in [0.29, 0.717) is 18.1 Å². The van der Waals surface area contributed by atoms with E-state index in [0.717, 1.165) is 49.2 Å². The van der Waals surface area contributed by atoms with Crippen molar-refractivity contribution >= 4 is 11.8 Å². The van der Waals surface area contributed by atoms with E-state index in [-0.39, 0.29) is 31.1 Å². The maximum absolute atomic E-state index is 12.7. The van der Waals surface area contributed by atoms with Crippen LogP contribution < -0.4 is 14.8 Å². The second-order valence-electron chi connectivity index (χ2n) is 8.58. The van der Waals surface area contributed by atoms with Gasteiger partial charge in [0, 0.05) is 18.7 Å². The van der Waals surface area contributed by atoms with Gasteiger partial charge in [-0.2, -0.15) is 0 Å². The Bertz CT molecular complexity index is 924. The Kier molecular flexibility index (Phi) is 9.16. The second-order valence-corrected chi connectivity index (χ2v) is 8.58. The monoisotopic (exact) mass is 452 g/mol. The summed E-state index contributed by atoms with van der Waals surface area (Å²) < 4.78 is 11.8. The maximum Gasteiger partial charge on any atom is 0.260 e. The molecule has 6 heteroatoms. The summed E-state index contributed by atoms with van der Waals surface area (Å²) in [6.07, 6.45) is 3.80. The predicted molar refractivity (Wildman–Crippen MR) is 130 cm³/mol. The van der Waals surface area contributed by atoms with Crippen LogP contribution in [0, 0.1) is 0 Å². The molecule has 2 aromatic rings. The number of carbonyl (C=O) groups is 2. The third-order valence-electron chi connectivity index (χ3n) is 6.27. The molecule has 1 fully saturated rings. The highest BCUT2D eigenvalue weighted by Gasteiger charge is 2.21. The summed E-state index contributed by atoms with van der Waals surface area (Å²) in [5, 5.41) is 3.06. The van der Waals surface area contributed by atoms with Crippen LogP contribution in [0.5, 0.6) is 11.5 Å². The van der Waals surface area contributed by atoms with E-state index >= 15 is 0 Å². The van der Waals surface area contributed by atoms with Gasteiger partial charge in [-0.3, -0.25) is 9.59 Å². The number of carbonyl (C=O) groups excluding carboxylic acids is 2. The van der Waals surface area contributed by atoms with Crippen molar-refractivity contribution in [2.45, 2.75) is 58.4 Å². The van der Waals surface area contributed by atoms with E-state index in [1.54, 1.807) is 0 Å². The molecule has 178 valence electrons. The number of hydrogen-bond donors (Lipinski definition) is 1. The summed E-state index contributed by atoms with van der Waals surface area (Å²) in [5.74, 6) is 1.55. The van der Waals surface area contributed by atoms with Gasteiger partial charge < -0.3 is 19.7 Å². The summed E-state index contributed by atoms with van der Waals surface area (Å²) >= 11 is 0. The molecule has 1 heterocycles. The van der Waals surface area contributed by atoms with Crippen molar-refractivity contribution in [2.75, 3.05) is 26.3 Å². The molecular weight excluding hydrogens is 416 g/mol. The van der Waals surface area contributed by atoms with Gasteiger partial charge in [0.1, 0.15) is 11.5 Å². The molecule has 0 bridgehead atoms. The lowest BCUT2D eigenvalue weighted by atomic mass is 9.98. The molecule has 3 rings (SSSR count). The normalized spacial score (nSPS) is 15.1. The SMILES string of the molecule is CCC(C)c1ccccc1OCC(=O)NC(CC)c1ccccc1OCC(=O)N1CCCC1. The number of likely N-dealkylation sites (tertiary alicyclic amines) is 1. The van der Waals surface area contributed by atoms with Crippen LogP contribution >= 0.6 is 0 Å². The molecule has 2 atom stereocenters. The van der Waals surface area contributed by atoms with E-state index in [2.05, 4.69) is 19.2 Å². The Labute approximate surface area is 197 Å².